The monoisotopic (exact) mass is 353 g/mol. The number of anilines is 2. The van der Waals surface area contributed by atoms with Crippen molar-refractivity contribution in [2.45, 2.75) is 26.8 Å². The second-order valence-corrected chi connectivity index (χ2v) is 5.93. The molecule has 134 valence electrons. The van der Waals surface area contributed by atoms with Crippen molar-refractivity contribution in [1.82, 2.24) is 15.1 Å². The fourth-order valence-corrected chi connectivity index (χ4v) is 2.74. The molecule has 0 radical (unpaired) electrons. The normalized spacial score (nSPS) is 12.0. The molecule has 0 fully saturated rings. The Bertz CT molecular complexity index is 939. The highest BCUT2D eigenvalue weighted by Crippen LogP contribution is 2.38. The summed E-state index contributed by atoms with van der Waals surface area (Å²) in [4.78, 5) is 21.7. The highest BCUT2D eigenvalue weighted by Gasteiger charge is 2.31. The van der Waals surface area contributed by atoms with Crippen molar-refractivity contribution in [3.63, 3.8) is 0 Å². The van der Waals surface area contributed by atoms with Crippen LogP contribution in [0.25, 0.3) is 11.5 Å². The summed E-state index contributed by atoms with van der Waals surface area (Å²) in [6, 6.07) is 6.47. The number of nitrogens with zero attached hydrogens (tertiary/aromatic N) is 4. The fraction of sp³-hybridized carbons (Fsp3) is 0.222. The van der Waals surface area contributed by atoms with E-state index >= 15 is 0 Å². The Morgan fingerprint density at radius 3 is 2.65 bits per heavy atom. The lowest BCUT2D eigenvalue weighted by Gasteiger charge is -2.26. The Morgan fingerprint density at radius 1 is 1.27 bits per heavy atom. The van der Waals surface area contributed by atoms with E-state index in [1.807, 2.05) is 6.07 Å². The Balaban J connectivity index is 2.13. The standard InChI is InChI=1S/C18H19N5O3/c1-10-14(19)6-7-15(21-10)17-16(11(2)22-26-17)23(18(24)25)12(3)13-5-4-8-20-9-13/h4-9,12H,19H2,1-3H3,(H,24,25)/t12-/m1/s1. The number of nitrogen functional groups attached to an aromatic ring is 1. The molecular weight excluding hydrogens is 334 g/mol. The summed E-state index contributed by atoms with van der Waals surface area (Å²) in [6.07, 6.45) is 2.15. The lowest BCUT2D eigenvalue weighted by atomic mass is 10.1. The van der Waals surface area contributed by atoms with E-state index in [-0.39, 0.29) is 5.76 Å². The van der Waals surface area contributed by atoms with Crippen LogP contribution in [-0.4, -0.2) is 26.3 Å². The maximum atomic E-state index is 12.1. The van der Waals surface area contributed by atoms with Gasteiger partial charge in [0, 0.05) is 12.4 Å². The van der Waals surface area contributed by atoms with Crippen molar-refractivity contribution in [1.29, 1.82) is 0 Å². The van der Waals surface area contributed by atoms with E-state index in [4.69, 9.17) is 10.3 Å². The zero-order valence-corrected chi connectivity index (χ0v) is 14.7. The minimum absolute atomic E-state index is 0.281. The van der Waals surface area contributed by atoms with Crippen LogP contribution in [0.4, 0.5) is 16.2 Å². The number of aromatic nitrogens is 3. The van der Waals surface area contributed by atoms with E-state index in [0.29, 0.717) is 28.5 Å². The van der Waals surface area contributed by atoms with Crippen LogP contribution >= 0.6 is 0 Å². The van der Waals surface area contributed by atoms with Crippen LogP contribution in [-0.2, 0) is 0 Å². The molecule has 1 amide bonds. The number of carbonyl (C=O) groups is 1. The highest BCUT2D eigenvalue weighted by molar-refractivity contribution is 5.92. The van der Waals surface area contributed by atoms with Crippen molar-refractivity contribution in [2.24, 2.45) is 0 Å². The predicted molar refractivity (Wildman–Crippen MR) is 96.8 cm³/mol. The molecule has 0 aliphatic carbocycles. The van der Waals surface area contributed by atoms with Gasteiger partial charge in [-0.05, 0) is 44.5 Å². The largest absolute Gasteiger partial charge is 0.465 e. The second kappa shape index (κ2) is 6.83. The van der Waals surface area contributed by atoms with Crippen LogP contribution in [0.15, 0.2) is 41.2 Å². The molecule has 8 nitrogen and oxygen atoms in total. The molecule has 26 heavy (non-hydrogen) atoms. The summed E-state index contributed by atoms with van der Waals surface area (Å²) in [5.74, 6) is 0.281. The first-order valence-corrected chi connectivity index (χ1v) is 8.02. The molecule has 0 unspecified atom stereocenters. The average molecular weight is 353 g/mol. The Morgan fingerprint density at radius 2 is 2.04 bits per heavy atom. The number of hydrogen-bond donors (Lipinski definition) is 2. The average Bonchev–Trinajstić information content (AvgIpc) is 2.99. The van der Waals surface area contributed by atoms with Crippen LogP contribution in [0.1, 0.15) is 29.9 Å². The van der Waals surface area contributed by atoms with Gasteiger partial charge in [-0.25, -0.2) is 9.78 Å². The van der Waals surface area contributed by atoms with Crippen LogP contribution < -0.4 is 10.6 Å². The lowest BCUT2D eigenvalue weighted by Crippen LogP contribution is -2.33. The molecule has 0 aromatic carbocycles. The Hall–Kier alpha value is -3.42. The molecule has 0 spiro atoms. The number of hydrogen-bond acceptors (Lipinski definition) is 6. The van der Waals surface area contributed by atoms with Crippen LogP contribution in [0.3, 0.4) is 0 Å². The lowest BCUT2D eigenvalue weighted by molar-refractivity contribution is 0.199. The minimum Gasteiger partial charge on any atom is -0.465 e. The van der Waals surface area contributed by atoms with Gasteiger partial charge < -0.3 is 15.4 Å². The molecule has 0 saturated heterocycles. The number of pyridine rings is 2. The third kappa shape index (κ3) is 3.08. The van der Waals surface area contributed by atoms with Gasteiger partial charge in [0.15, 0.2) is 0 Å². The molecule has 1 atom stereocenters. The van der Waals surface area contributed by atoms with E-state index in [9.17, 15) is 9.90 Å². The number of nitrogens with two attached hydrogens (primary N) is 1. The maximum Gasteiger partial charge on any atom is 0.412 e. The number of rotatable bonds is 4. The topological polar surface area (TPSA) is 118 Å². The first-order chi connectivity index (χ1) is 12.4. The molecule has 8 heteroatoms. The van der Waals surface area contributed by atoms with Gasteiger partial charge in [-0.1, -0.05) is 11.2 Å². The summed E-state index contributed by atoms with van der Waals surface area (Å²) >= 11 is 0. The van der Waals surface area contributed by atoms with Gasteiger partial charge in [0.2, 0.25) is 5.76 Å². The van der Waals surface area contributed by atoms with Crippen molar-refractivity contribution in [3.05, 3.63) is 53.6 Å². The van der Waals surface area contributed by atoms with Gasteiger partial charge in [0.05, 0.1) is 17.4 Å². The first kappa shape index (κ1) is 17.4. The Labute approximate surface area is 150 Å². The van der Waals surface area contributed by atoms with Crippen LogP contribution in [0.5, 0.6) is 0 Å². The summed E-state index contributed by atoms with van der Waals surface area (Å²) in [6.45, 7) is 5.25. The molecule has 0 bridgehead atoms. The zero-order chi connectivity index (χ0) is 18.8. The van der Waals surface area contributed by atoms with Gasteiger partial charge in [0.1, 0.15) is 17.1 Å². The molecule has 0 aliphatic rings. The molecule has 3 aromatic heterocycles. The molecule has 0 saturated carbocycles. The van der Waals surface area contributed by atoms with Crippen molar-refractivity contribution in [3.8, 4) is 11.5 Å². The quantitative estimate of drug-likeness (QED) is 0.736. The summed E-state index contributed by atoms with van der Waals surface area (Å²) in [5, 5.41) is 13.8. The van der Waals surface area contributed by atoms with Gasteiger partial charge in [-0.15, -0.1) is 0 Å². The summed E-state index contributed by atoms with van der Waals surface area (Å²) in [7, 11) is 0. The number of amides is 1. The molecule has 0 aliphatic heterocycles. The van der Waals surface area contributed by atoms with Crippen molar-refractivity contribution in [2.75, 3.05) is 10.6 Å². The van der Waals surface area contributed by atoms with E-state index in [2.05, 4.69) is 15.1 Å². The van der Waals surface area contributed by atoms with Crippen LogP contribution in [0, 0.1) is 13.8 Å². The van der Waals surface area contributed by atoms with Gasteiger partial charge in [-0.3, -0.25) is 9.88 Å². The van der Waals surface area contributed by atoms with Gasteiger partial charge in [0.25, 0.3) is 0 Å². The smallest absolute Gasteiger partial charge is 0.412 e. The zero-order valence-electron chi connectivity index (χ0n) is 14.7. The van der Waals surface area contributed by atoms with E-state index in [1.165, 1.54) is 4.90 Å². The Kier molecular flexibility index (Phi) is 4.57. The molecule has 3 aromatic rings. The van der Waals surface area contributed by atoms with Crippen molar-refractivity contribution < 1.29 is 14.4 Å². The fourth-order valence-electron chi connectivity index (χ4n) is 2.74. The van der Waals surface area contributed by atoms with Crippen LogP contribution in [0.2, 0.25) is 0 Å². The van der Waals surface area contributed by atoms with E-state index in [0.717, 1.165) is 5.56 Å². The summed E-state index contributed by atoms with van der Waals surface area (Å²) in [5.41, 5.74) is 9.03. The number of aryl methyl sites for hydroxylation is 2. The third-order valence-electron chi connectivity index (χ3n) is 4.19. The summed E-state index contributed by atoms with van der Waals surface area (Å²) < 4.78 is 5.42. The van der Waals surface area contributed by atoms with Gasteiger partial charge >= 0.3 is 6.09 Å². The van der Waals surface area contributed by atoms with Crippen molar-refractivity contribution >= 4 is 17.5 Å². The molecule has 3 heterocycles. The molecule has 3 rings (SSSR count). The van der Waals surface area contributed by atoms with E-state index in [1.54, 1.807) is 51.4 Å². The van der Waals surface area contributed by atoms with E-state index < -0.39 is 12.1 Å². The number of carboxylic acid groups (broad SMARTS) is 1. The maximum absolute atomic E-state index is 12.1. The second-order valence-electron chi connectivity index (χ2n) is 5.93. The molecule has 3 N–H and O–H groups in total. The molecular formula is C18H19N5O3. The third-order valence-corrected chi connectivity index (χ3v) is 4.19. The van der Waals surface area contributed by atoms with Gasteiger partial charge in [-0.2, -0.15) is 0 Å². The highest BCUT2D eigenvalue weighted by atomic mass is 16.5. The SMILES string of the molecule is Cc1nc(-c2onc(C)c2N(C(=O)O)[C@H](C)c2cccnc2)ccc1N. The minimum atomic E-state index is -1.12. The first-order valence-electron chi connectivity index (χ1n) is 8.02. The predicted octanol–water partition coefficient (Wildman–Crippen LogP) is 3.58.